The van der Waals surface area contributed by atoms with Crippen molar-refractivity contribution in [2.75, 3.05) is 0 Å². The molecular formula is C21H17NO2. The van der Waals surface area contributed by atoms with Gasteiger partial charge in [0.2, 0.25) is 0 Å². The highest BCUT2D eigenvalue weighted by atomic mass is 16.1. The summed E-state index contributed by atoms with van der Waals surface area (Å²) in [7, 11) is 0. The lowest BCUT2D eigenvalue weighted by Crippen LogP contribution is -2.07. The second-order valence-electron chi connectivity index (χ2n) is 6.19. The maximum Gasteiger partial charge on any atom is 0.196 e. The van der Waals surface area contributed by atoms with Crippen LogP contribution in [0.25, 0.3) is 11.3 Å². The average Bonchev–Trinajstić information content (AvgIpc) is 3.03. The monoisotopic (exact) mass is 315 g/mol. The van der Waals surface area contributed by atoms with E-state index in [9.17, 15) is 9.59 Å². The van der Waals surface area contributed by atoms with Crippen molar-refractivity contribution in [3.63, 3.8) is 0 Å². The molecule has 1 heterocycles. The largest absolute Gasteiger partial charge is 0.339 e. The van der Waals surface area contributed by atoms with Gasteiger partial charge in [0.1, 0.15) is 0 Å². The minimum absolute atomic E-state index is 0.0410. The van der Waals surface area contributed by atoms with Gasteiger partial charge in [-0.05, 0) is 19.4 Å². The number of carbonyl (C=O) groups is 2. The van der Waals surface area contributed by atoms with Crippen LogP contribution in [0, 0.1) is 6.92 Å². The van der Waals surface area contributed by atoms with Crippen molar-refractivity contribution in [2.24, 2.45) is 0 Å². The van der Waals surface area contributed by atoms with E-state index in [0.717, 1.165) is 22.5 Å². The fraction of sp³-hybridized carbons (Fsp3) is 0.143. The van der Waals surface area contributed by atoms with Gasteiger partial charge in [0.15, 0.2) is 11.6 Å². The molecule has 0 unspecified atom stereocenters. The SMILES string of the molecule is CC(=O)c1c2c(n(Cc3ccccc3)c1C)-c1ccccc1C2=O. The first-order valence-corrected chi connectivity index (χ1v) is 8.01. The van der Waals surface area contributed by atoms with Crippen LogP contribution < -0.4 is 0 Å². The van der Waals surface area contributed by atoms with Gasteiger partial charge in [-0.2, -0.15) is 0 Å². The van der Waals surface area contributed by atoms with E-state index < -0.39 is 0 Å². The lowest BCUT2D eigenvalue weighted by atomic mass is 10.0. The lowest BCUT2D eigenvalue weighted by molar-refractivity contribution is 0.0992. The zero-order chi connectivity index (χ0) is 16.8. The molecular weight excluding hydrogens is 298 g/mol. The summed E-state index contributed by atoms with van der Waals surface area (Å²) in [4.78, 5) is 25.1. The molecule has 1 aliphatic rings. The van der Waals surface area contributed by atoms with Crippen molar-refractivity contribution in [3.05, 3.63) is 82.5 Å². The Kier molecular flexibility index (Phi) is 3.24. The maximum absolute atomic E-state index is 12.9. The molecule has 0 aliphatic heterocycles. The topological polar surface area (TPSA) is 39.1 Å². The molecule has 0 bridgehead atoms. The molecule has 1 aromatic heterocycles. The number of nitrogens with zero attached hydrogens (tertiary/aromatic N) is 1. The molecule has 0 saturated carbocycles. The number of carbonyl (C=O) groups excluding carboxylic acids is 2. The molecule has 1 aliphatic carbocycles. The fourth-order valence-electron chi connectivity index (χ4n) is 3.65. The van der Waals surface area contributed by atoms with E-state index in [-0.39, 0.29) is 11.6 Å². The zero-order valence-corrected chi connectivity index (χ0v) is 13.7. The van der Waals surface area contributed by atoms with Gasteiger partial charge in [0.25, 0.3) is 0 Å². The number of ketones is 2. The Bertz CT molecular complexity index is 981. The van der Waals surface area contributed by atoms with Gasteiger partial charge in [0, 0.05) is 28.9 Å². The fourth-order valence-corrected chi connectivity index (χ4v) is 3.65. The molecule has 3 nitrogen and oxygen atoms in total. The van der Waals surface area contributed by atoms with Crippen LogP contribution in [-0.4, -0.2) is 16.1 Å². The van der Waals surface area contributed by atoms with Crippen molar-refractivity contribution >= 4 is 11.6 Å². The Morgan fingerprint density at radius 1 is 0.958 bits per heavy atom. The van der Waals surface area contributed by atoms with Gasteiger partial charge in [-0.15, -0.1) is 0 Å². The number of fused-ring (bicyclic) bond motifs is 3. The summed E-state index contributed by atoms with van der Waals surface area (Å²) in [6.45, 7) is 4.10. The van der Waals surface area contributed by atoms with Gasteiger partial charge >= 0.3 is 0 Å². The highest BCUT2D eigenvalue weighted by Gasteiger charge is 2.36. The molecule has 3 heteroatoms. The number of hydrogen-bond donors (Lipinski definition) is 0. The van der Waals surface area contributed by atoms with Crippen LogP contribution in [0.1, 0.15) is 44.5 Å². The van der Waals surface area contributed by atoms with Crippen LogP contribution in [0.4, 0.5) is 0 Å². The predicted octanol–water partition coefficient (Wildman–Crippen LogP) is 4.26. The number of hydrogen-bond acceptors (Lipinski definition) is 2. The summed E-state index contributed by atoms with van der Waals surface area (Å²) in [6.07, 6.45) is 0. The van der Waals surface area contributed by atoms with E-state index in [4.69, 9.17) is 0 Å². The van der Waals surface area contributed by atoms with Crippen LogP contribution in [0.2, 0.25) is 0 Å². The summed E-state index contributed by atoms with van der Waals surface area (Å²) >= 11 is 0. The average molecular weight is 315 g/mol. The first kappa shape index (κ1) is 14.6. The van der Waals surface area contributed by atoms with Crippen LogP contribution in [-0.2, 0) is 6.54 Å². The van der Waals surface area contributed by atoms with Gasteiger partial charge in [-0.3, -0.25) is 9.59 Å². The molecule has 0 N–H and O–H groups in total. The van der Waals surface area contributed by atoms with Crippen LogP contribution in [0.3, 0.4) is 0 Å². The Labute approximate surface area is 140 Å². The molecule has 4 rings (SSSR count). The highest BCUT2D eigenvalue weighted by molar-refractivity contribution is 6.26. The minimum atomic E-state index is -0.0586. The predicted molar refractivity (Wildman–Crippen MR) is 93.6 cm³/mol. The maximum atomic E-state index is 12.9. The number of Topliss-reactive ketones (excluding diaryl/α,β-unsaturated/α-hetero) is 1. The van der Waals surface area contributed by atoms with Gasteiger partial charge in [0.05, 0.1) is 11.3 Å². The summed E-state index contributed by atoms with van der Waals surface area (Å²) < 4.78 is 2.10. The van der Waals surface area contributed by atoms with Crippen molar-refractivity contribution in [1.29, 1.82) is 0 Å². The quantitative estimate of drug-likeness (QED) is 0.530. The van der Waals surface area contributed by atoms with E-state index in [1.165, 1.54) is 6.92 Å². The zero-order valence-electron chi connectivity index (χ0n) is 13.7. The van der Waals surface area contributed by atoms with E-state index in [0.29, 0.717) is 23.2 Å². The Morgan fingerprint density at radius 2 is 1.58 bits per heavy atom. The standard InChI is InChI=1S/C21H17NO2/c1-13-18(14(2)23)19-20(16-10-6-7-11-17(16)21(19)24)22(13)12-15-8-4-3-5-9-15/h3-11H,12H2,1-2H3. The van der Waals surface area contributed by atoms with Crippen molar-refractivity contribution in [2.45, 2.75) is 20.4 Å². The normalized spacial score (nSPS) is 12.2. The molecule has 2 aromatic carbocycles. The minimum Gasteiger partial charge on any atom is -0.339 e. The van der Waals surface area contributed by atoms with Gasteiger partial charge < -0.3 is 4.57 Å². The second-order valence-corrected chi connectivity index (χ2v) is 6.19. The van der Waals surface area contributed by atoms with Crippen molar-refractivity contribution in [1.82, 2.24) is 4.57 Å². The molecule has 0 saturated heterocycles. The first-order valence-electron chi connectivity index (χ1n) is 8.01. The van der Waals surface area contributed by atoms with Gasteiger partial charge in [-0.25, -0.2) is 0 Å². The third-order valence-electron chi connectivity index (χ3n) is 4.71. The number of aromatic nitrogens is 1. The molecule has 24 heavy (non-hydrogen) atoms. The molecule has 0 fully saturated rings. The number of benzene rings is 2. The first-order chi connectivity index (χ1) is 11.6. The van der Waals surface area contributed by atoms with E-state index in [1.54, 1.807) is 0 Å². The van der Waals surface area contributed by atoms with Crippen LogP contribution in [0.15, 0.2) is 54.6 Å². The molecule has 0 radical (unpaired) electrons. The Morgan fingerprint density at radius 3 is 2.25 bits per heavy atom. The lowest BCUT2D eigenvalue weighted by Gasteiger charge is -2.12. The Hall–Kier alpha value is -2.94. The summed E-state index contributed by atoms with van der Waals surface area (Å²) in [5.41, 5.74) is 5.61. The van der Waals surface area contributed by atoms with E-state index >= 15 is 0 Å². The third-order valence-corrected chi connectivity index (χ3v) is 4.71. The van der Waals surface area contributed by atoms with E-state index in [2.05, 4.69) is 16.7 Å². The highest BCUT2D eigenvalue weighted by Crippen LogP contribution is 2.41. The summed E-state index contributed by atoms with van der Waals surface area (Å²) in [5, 5.41) is 0. The van der Waals surface area contributed by atoms with Crippen LogP contribution in [0.5, 0.6) is 0 Å². The Balaban J connectivity index is 2.00. The van der Waals surface area contributed by atoms with E-state index in [1.807, 2.05) is 49.4 Å². The smallest absolute Gasteiger partial charge is 0.196 e. The summed E-state index contributed by atoms with van der Waals surface area (Å²) in [5.74, 6) is -0.0996. The molecule has 3 aromatic rings. The summed E-state index contributed by atoms with van der Waals surface area (Å²) in [6, 6.07) is 17.7. The van der Waals surface area contributed by atoms with Crippen molar-refractivity contribution in [3.8, 4) is 11.3 Å². The van der Waals surface area contributed by atoms with Crippen molar-refractivity contribution < 1.29 is 9.59 Å². The van der Waals surface area contributed by atoms with Crippen LogP contribution >= 0.6 is 0 Å². The molecule has 118 valence electrons. The number of rotatable bonds is 3. The molecule has 0 atom stereocenters. The second kappa shape index (κ2) is 5.31. The molecule has 0 amide bonds. The molecule has 0 spiro atoms. The third kappa shape index (κ3) is 1.98. The van der Waals surface area contributed by atoms with Gasteiger partial charge in [-0.1, -0.05) is 54.6 Å².